The van der Waals surface area contributed by atoms with Gasteiger partial charge in [0.15, 0.2) is 0 Å². The first-order valence-corrected chi connectivity index (χ1v) is 10.7. The molecule has 0 aliphatic heterocycles. The molecule has 0 aliphatic carbocycles. The third-order valence-electron chi connectivity index (χ3n) is 3.68. The molecule has 0 aromatic heterocycles. The SMILES string of the molecule is CCCCC(CC)COC(=O)c1c(Br)c(Br)c(Br)c(Br)c1C(=O)O. The minimum Gasteiger partial charge on any atom is -0.478 e. The van der Waals surface area contributed by atoms with Crippen LogP contribution in [0, 0.1) is 5.92 Å². The Morgan fingerprint density at radius 2 is 1.54 bits per heavy atom. The Morgan fingerprint density at radius 3 is 2.00 bits per heavy atom. The molecule has 0 radical (unpaired) electrons. The maximum atomic E-state index is 12.5. The molecule has 4 nitrogen and oxygen atoms in total. The minimum atomic E-state index is -1.21. The summed E-state index contributed by atoms with van der Waals surface area (Å²) in [5, 5.41) is 9.48. The monoisotopic (exact) mass is 590 g/mol. The molecule has 1 N–H and O–H groups in total. The van der Waals surface area contributed by atoms with Crippen molar-refractivity contribution in [3.63, 3.8) is 0 Å². The number of benzene rings is 1. The van der Waals surface area contributed by atoms with Gasteiger partial charge in [-0.25, -0.2) is 9.59 Å². The van der Waals surface area contributed by atoms with Gasteiger partial charge in [0.25, 0.3) is 0 Å². The van der Waals surface area contributed by atoms with Crippen LogP contribution in [-0.2, 0) is 4.74 Å². The second-order valence-electron chi connectivity index (χ2n) is 5.33. The summed E-state index contributed by atoms with van der Waals surface area (Å²) >= 11 is 13.1. The fourth-order valence-electron chi connectivity index (χ4n) is 2.19. The topological polar surface area (TPSA) is 63.6 Å². The van der Waals surface area contributed by atoms with Gasteiger partial charge >= 0.3 is 11.9 Å². The van der Waals surface area contributed by atoms with Crippen LogP contribution in [0.4, 0.5) is 0 Å². The number of hydrogen-bond acceptors (Lipinski definition) is 3. The largest absolute Gasteiger partial charge is 0.478 e. The third kappa shape index (κ3) is 5.29. The first-order valence-electron chi connectivity index (χ1n) is 7.52. The highest BCUT2D eigenvalue weighted by Crippen LogP contribution is 2.42. The lowest BCUT2D eigenvalue weighted by molar-refractivity contribution is 0.0419. The number of unbranched alkanes of at least 4 members (excludes halogenated alkanes) is 1. The summed E-state index contributed by atoms with van der Waals surface area (Å²) in [7, 11) is 0. The maximum Gasteiger partial charge on any atom is 0.340 e. The fourth-order valence-corrected chi connectivity index (χ4v) is 4.64. The third-order valence-corrected chi connectivity index (χ3v) is 8.45. The van der Waals surface area contributed by atoms with Gasteiger partial charge in [0.2, 0.25) is 0 Å². The second-order valence-corrected chi connectivity index (χ2v) is 8.50. The van der Waals surface area contributed by atoms with Crippen molar-refractivity contribution in [1.29, 1.82) is 0 Å². The molecule has 24 heavy (non-hydrogen) atoms. The van der Waals surface area contributed by atoms with E-state index in [1.807, 2.05) is 0 Å². The first kappa shape index (κ1) is 22.1. The number of rotatable bonds is 8. The van der Waals surface area contributed by atoms with Crippen LogP contribution in [-0.4, -0.2) is 23.7 Å². The highest BCUT2D eigenvalue weighted by Gasteiger charge is 2.29. The molecule has 1 aromatic carbocycles. The van der Waals surface area contributed by atoms with E-state index in [4.69, 9.17) is 4.74 Å². The molecule has 8 heteroatoms. The molecule has 0 bridgehead atoms. The standard InChI is InChI=1S/C16H18Br4O4/c1-3-5-6-8(4-2)7-24-16(23)10-9(15(21)22)11(17)13(19)14(20)12(10)18/h8H,3-7H2,1-2H3,(H,21,22). The van der Waals surface area contributed by atoms with E-state index in [9.17, 15) is 14.7 Å². The van der Waals surface area contributed by atoms with Gasteiger partial charge in [0.05, 0.1) is 17.7 Å². The van der Waals surface area contributed by atoms with E-state index in [-0.39, 0.29) is 28.1 Å². The van der Waals surface area contributed by atoms with E-state index < -0.39 is 11.9 Å². The number of carboxylic acid groups (broad SMARTS) is 1. The summed E-state index contributed by atoms with van der Waals surface area (Å²) in [5.74, 6) is -1.58. The van der Waals surface area contributed by atoms with Crippen LogP contribution in [0.15, 0.2) is 17.9 Å². The summed E-state index contributed by atoms with van der Waals surface area (Å²) in [6.45, 7) is 4.46. The van der Waals surface area contributed by atoms with Gasteiger partial charge in [-0.15, -0.1) is 0 Å². The average Bonchev–Trinajstić information content (AvgIpc) is 2.55. The van der Waals surface area contributed by atoms with Crippen molar-refractivity contribution in [3.05, 3.63) is 29.0 Å². The molecule has 0 spiro atoms. The molecule has 1 rings (SSSR count). The average molecular weight is 594 g/mol. The lowest BCUT2D eigenvalue weighted by atomic mass is 10.0. The Kier molecular flexibility index (Phi) is 9.48. The van der Waals surface area contributed by atoms with Gasteiger partial charge in [-0.2, -0.15) is 0 Å². The molecular weight excluding hydrogens is 576 g/mol. The zero-order valence-electron chi connectivity index (χ0n) is 13.3. The van der Waals surface area contributed by atoms with E-state index in [1.54, 1.807) is 0 Å². The van der Waals surface area contributed by atoms with Gasteiger partial charge in [0, 0.05) is 17.9 Å². The van der Waals surface area contributed by atoms with Crippen molar-refractivity contribution >= 4 is 75.7 Å². The summed E-state index contributed by atoms with van der Waals surface area (Å²) < 4.78 is 7.10. The maximum absolute atomic E-state index is 12.5. The van der Waals surface area contributed by atoms with Crippen molar-refractivity contribution in [2.24, 2.45) is 5.92 Å². The Labute approximate surface area is 175 Å². The zero-order valence-corrected chi connectivity index (χ0v) is 19.6. The van der Waals surface area contributed by atoms with E-state index in [0.29, 0.717) is 13.4 Å². The van der Waals surface area contributed by atoms with Crippen LogP contribution in [0.3, 0.4) is 0 Å². The molecule has 0 saturated carbocycles. The van der Waals surface area contributed by atoms with Crippen molar-refractivity contribution in [2.45, 2.75) is 39.5 Å². The second kappa shape index (κ2) is 10.3. The van der Waals surface area contributed by atoms with Gasteiger partial charge in [-0.05, 0) is 76.1 Å². The highest BCUT2D eigenvalue weighted by molar-refractivity contribution is 9.15. The van der Waals surface area contributed by atoms with Gasteiger partial charge < -0.3 is 9.84 Å². The van der Waals surface area contributed by atoms with Crippen molar-refractivity contribution in [2.75, 3.05) is 6.61 Å². The molecule has 0 saturated heterocycles. The van der Waals surface area contributed by atoms with Crippen LogP contribution in [0.25, 0.3) is 0 Å². The van der Waals surface area contributed by atoms with E-state index >= 15 is 0 Å². The minimum absolute atomic E-state index is 0.00482. The molecule has 1 unspecified atom stereocenters. The lowest BCUT2D eigenvalue weighted by Crippen LogP contribution is -2.18. The molecule has 0 fully saturated rings. The van der Waals surface area contributed by atoms with Gasteiger partial charge in [-0.3, -0.25) is 0 Å². The van der Waals surface area contributed by atoms with E-state index in [1.165, 1.54) is 0 Å². The molecule has 1 aromatic rings. The number of esters is 1. The summed E-state index contributed by atoms with van der Waals surface area (Å²) in [6, 6.07) is 0. The van der Waals surface area contributed by atoms with Crippen LogP contribution in [0.2, 0.25) is 0 Å². The number of hydrogen-bond donors (Lipinski definition) is 1. The Balaban J connectivity index is 3.12. The molecule has 0 heterocycles. The normalized spacial score (nSPS) is 12.1. The predicted molar refractivity (Wildman–Crippen MR) is 108 cm³/mol. The number of halogens is 4. The van der Waals surface area contributed by atoms with Crippen molar-refractivity contribution in [1.82, 2.24) is 0 Å². The van der Waals surface area contributed by atoms with Gasteiger partial charge in [0.1, 0.15) is 0 Å². The number of carbonyl (C=O) groups is 2. The number of carboxylic acids is 1. The van der Waals surface area contributed by atoms with Gasteiger partial charge in [-0.1, -0.05) is 33.1 Å². The van der Waals surface area contributed by atoms with Crippen LogP contribution < -0.4 is 0 Å². The number of aromatic carboxylic acids is 1. The van der Waals surface area contributed by atoms with Crippen molar-refractivity contribution in [3.8, 4) is 0 Å². The first-order chi connectivity index (χ1) is 11.3. The Hall–Kier alpha value is 0.0800. The van der Waals surface area contributed by atoms with E-state index in [2.05, 4.69) is 77.6 Å². The smallest absolute Gasteiger partial charge is 0.340 e. The summed E-state index contributed by atoms with van der Waals surface area (Å²) in [6.07, 6.45) is 4.07. The fraction of sp³-hybridized carbons (Fsp3) is 0.500. The predicted octanol–water partition coefficient (Wildman–Crippen LogP) is 6.81. The lowest BCUT2D eigenvalue weighted by Gasteiger charge is -2.17. The van der Waals surface area contributed by atoms with Crippen LogP contribution in [0.5, 0.6) is 0 Å². The Bertz CT molecular complexity index is 631. The van der Waals surface area contributed by atoms with E-state index in [0.717, 1.165) is 25.7 Å². The van der Waals surface area contributed by atoms with Crippen LogP contribution >= 0.6 is 63.7 Å². The molecule has 1 atom stereocenters. The molecule has 0 aliphatic rings. The summed E-state index contributed by atoms with van der Waals surface area (Å²) in [4.78, 5) is 24.1. The molecule has 134 valence electrons. The Morgan fingerprint density at radius 1 is 1.00 bits per heavy atom. The quantitative estimate of drug-likeness (QED) is 0.204. The highest BCUT2D eigenvalue weighted by atomic mass is 79.9. The van der Waals surface area contributed by atoms with Crippen molar-refractivity contribution < 1.29 is 19.4 Å². The zero-order chi connectivity index (χ0) is 18.4. The number of ether oxygens (including phenoxy) is 1. The van der Waals surface area contributed by atoms with Crippen LogP contribution in [0.1, 0.15) is 60.2 Å². The molecular formula is C16H18Br4O4. The molecule has 0 amide bonds. The summed E-state index contributed by atoms with van der Waals surface area (Å²) in [5.41, 5.74) is -0.140. The number of carbonyl (C=O) groups excluding carboxylic acids is 1.